The van der Waals surface area contributed by atoms with E-state index in [0.29, 0.717) is 5.69 Å². The third-order valence-corrected chi connectivity index (χ3v) is 3.34. The molecule has 2 rings (SSSR count). The van der Waals surface area contributed by atoms with Gasteiger partial charge in [0.05, 0.1) is 5.69 Å². The van der Waals surface area contributed by atoms with E-state index >= 15 is 0 Å². The topological polar surface area (TPSA) is 50.9 Å². The van der Waals surface area contributed by atoms with Gasteiger partial charge >= 0.3 is 0 Å². The Morgan fingerprint density at radius 1 is 1.50 bits per heavy atom. The van der Waals surface area contributed by atoms with Crippen LogP contribution >= 0.6 is 27.3 Å². The molecule has 5 heteroatoms. The number of pyridine rings is 1. The maximum atomic E-state index is 5.83. The molecule has 84 valence electrons. The Morgan fingerprint density at radius 2 is 2.38 bits per heavy atom. The fourth-order valence-corrected chi connectivity index (χ4v) is 2.41. The van der Waals surface area contributed by atoms with Gasteiger partial charge in [0.25, 0.3) is 0 Å². The Hall–Kier alpha value is -1.07. The van der Waals surface area contributed by atoms with Gasteiger partial charge in [0.2, 0.25) is 0 Å². The van der Waals surface area contributed by atoms with Crippen LogP contribution in [0.4, 0.5) is 11.5 Å². The van der Waals surface area contributed by atoms with Gasteiger partial charge in [-0.25, -0.2) is 4.98 Å². The number of nitrogen functional groups attached to an aromatic ring is 1. The molecule has 0 spiro atoms. The standard InChI is InChI=1S/C11H12BrN3S/c12-9-5-10(13)11(15-6-9)14-3-1-8-2-4-16-7-8/h2,4-7H,1,3,13H2,(H,14,15). The second kappa shape index (κ2) is 5.32. The highest BCUT2D eigenvalue weighted by Crippen LogP contribution is 2.19. The van der Waals surface area contributed by atoms with E-state index < -0.39 is 0 Å². The lowest BCUT2D eigenvalue weighted by atomic mass is 10.2. The van der Waals surface area contributed by atoms with Crippen LogP contribution in [0.3, 0.4) is 0 Å². The van der Waals surface area contributed by atoms with Crippen molar-refractivity contribution in [1.82, 2.24) is 4.98 Å². The Morgan fingerprint density at radius 3 is 3.06 bits per heavy atom. The summed E-state index contributed by atoms with van der Waals surface area (Å²) in [5.74, 6) is 0.749. The van der Waals surface area contributed by atoms with E-state index in [1.807, 2.05) is 6.07 Å². The molecule has 0 amide bonds. The highest BCUT2D eigenvalue weighted by atomic mass is 79.9. The molecule has 3 N–H and O–H groups in total. The summed E-state index contributed by atoms with van der Waals surface area (Å²) in [7, 11) is 0. The molecular weight excluding hydrogens is 286 g/mol. The predicted octanol–water partition coefficient (Wildman–Crippen LogP) is 3.14. The van der Waals surface area contributed by atoms with Crippen LogP contribution in [0.1, 0.15) is 5.56 Å². The van der Waals surface area contributed by atoms with Gasteiger partial charge in [-0.1, -0.05) is 0 Å². The van der Waals surface area contributed by atoms with Crippen molar-refractivity contribution in [2.24, 2.45) is 0 Å². The Labute approximate surface area is 107 Å². The molecule has 2 aromatic heterocycles. The summed E-state index contributed by atoms with van der Waals surface area (Å²) in [6.45, 7) is 0.843. The Bertz CT molecular complexity index is 456. The van der Waals surface area contributed by atoms with E-state index in [1.54, 1.807) is 17.5 Å². The maximum Gasteiger partial charge on any atom is 0.149 e. The van der Waals surface area contributed by atoms with Crippen molar-refractivity contribution in [3.8, 4) is 0 Å². The van der Waals surface area contributed by atoms with E-state index in [-0.39, 0.29) is 0 Å². The van der Waals surface area contributed by atoms with Crippen molar-refractivity contribution >= 4 is 38.8 Å². The molecule has 0 atom stereocenters. The molecule has 0 aliphatic heterocycles. The van der Waals surface area contributed by atoms with Gasteiger partial charge in [-0.2, -0.15) is 11.3 Å². The second-order valence-corrected chi connectivity index (χ2v) is 5.10. The lowest BCUT2D eigenvalue weighted by Crippen LogP contribution is -2.08. The van der Waals surface area contributed by atoms with Crippen molar-refractivity contribution in [2.75, 3.05) is 17.6 Å². The molecule has 2 heterocycles. The first-order valence-electron chi connectivity index (χ1n) is 4.91. The minimum Gasteiger partial charge on any atom is -0.396 e. The van der Waals surface area contributed by atoms with Gasteiger partial charge in [-0.05, 0) is 50.8 Å². The quantitative estimate of drug-likeness (QED) is 0.911. The molecule has 0 aliphatic rings. The van der Waals surface area contributed by atoms with Crippen LogP contribution in [0.25, 0.3) is 0 Å². The fourth-order valence-electron chi connectivity index (χ4n) is 1.36. The minimum absolute atomic E-state index is 0.666. The number of anilines is 2. The Balaban J connectivity index is 1.90. The van der Waals surface area contributed by atoms with Crippen LogP contribution in [0.5, 0.6) is 0 Å². The van der Waals surface area contributed by atoms with Gasteiger partial charge < -0.3 is 11.1 Å². The zero-order valence-corrected chi connectivity index (χ0v) is 11.0. The van der Waals surface area contributed by atoms with Crippen LogP contribution in [0.15, 0.2) is 33.6 Å². The number of halogens is 1. The summed E-state index contributed by atoms with van der Waals surface area (Å²) in [6, 6.07) is 3.98. The average Bonchev–Trinajstić information content (AvgIpc) is 2.74. The van der Waals surface area contributed by atoms with Gasteiger partial charge in [-0.3, -0.25) is 0 Å². The van der Waals surface area contributed by atoms with Crippen molar-refractivity contribution in [2.45, 2.75) is 6.42 Å². The molecule has 0 aromatic carbocycles. The molecule has 0 saturated carbocycles. The van der Waals surface area contributed by atoms with Crippen molar-refractivity contribution < 1.29 is 0 Å². The molecule has 16 heavy (non-hydrogen) atoms. The SMILES string of the molecule is Nc1cc(Br)cnc1NCCc1ccsc1. The normalized spacial score (nSPS) is 10.3. The molecule has 0 unspecified atom stereocenters. The summed E-state index contributed by atoms with van der Waals surface area (Å²) in [4.78, 5) is 4.22. The molecule has 0 fully saturated rings. The number of aromatic nitrogens is 1. The van der Waals surface area contributed by atoms with Crippen LogP contribution in [0.2, 0.25) is 0 Å². The number of thiophene rings is 1. The van der Waals surface area contributed by atoms with Crippen LogP contribution in [-0.2, 0) is 6.42 Å². The van der Waals surface area contributed by atoms with Crippen LogP contribution in [-0.4, -0.2) is 11.5 Å². The maximum absolute atomic E-state index is 5.83. The van der Waals surface area contributed by atoms with Gasteiger partial charge in [0.1, 0.15) is 5.82 Å². The first-order chi connectivity index (χ1) is 7.75. The van der Waals surface area contributed by atoms with E-state index in [9.17, 15) is 0 Å². The summed E-state index contributed by atoms with van der Waals surface area (Å²) in [5, 5.41) is 7.46. The first-order valence-corrected chi connectivity index (χ1v) is 6.65. The number of nitrogens with two attached hydrogens (primary N) is 1. The van der Waals surface area contributed by atoms with Crippen molar-refractivity contribution in [3.63, 3.8) is 0 Å². The monoisotopic (exact) mass is 297 g/mol. The zero-order chi connectivity index (χ0) is 11.4. The highest BCUT2D eigenvalue weighted by molar-refractivity contribution is 9.10. The molecule has 2 aromatic rings. The number of hydrogen-bond acceptors (Lipinski definition) is 4. The van der Waals surface area contributed by atoms with Crippen molar-refractivity contribution in [1.29, 1.82) is 0 Å². The fraction of sp³-hybridized carbons (Fsp3) is 0.182. The van der Waals surface area contributed by atoms with Gasteiger partial charge in [-0.15, -0.1) is 0 Å². The smallest absolute Gasteiger partial charge is 0.149 e. The number of rotatable bonds is 4. The summed E-state index contributed by atoms with van der Waals surface area (Å²) in [6.07, 6.45) is 2.73. The lowest BCUT2D eigenvalue weighted by Gasteiger charge is -2.07. The minimum atomic E-state index is 0.666. The third kappa shape index (κ3) is 2.96. The first kappa shape index (κ1) is 11.4. The summed E-state index contributed by atoms with van der Waals surface area (Å²) < 4.78 is 0.897. The molecular formula is C11H12BrN3S. The molecule has 0 bridgehead atoms. The number of hydrogen-bond donors (Lipinski definition) is 2. The average molecular weight is 298 g/mol. The van der Waals surface area contributed by atoms with E-state index in [2.05, 4.69) is 43.1 Å². The summed E-state index contributed by atoms with van der Waals surface area (Å²) in [5.41, 5.74) is 7.84. The molecule has 0 aliphatic carbocycles. The highest BCUT2D eigenvalue weighted by Gasteiger charge is 2.00. The number of nitrogens with zero attached hydrogens (tertiary/aromatic N) is 1. The Kier molecular flexibility index (Phi) is 3.79. The molecule has 3 nitrogen and oxygen atoms in total. The molecule has 0 saturated heterocycles. The van der Waals surface area contributed by atoms with Crippen molar-refractivity contribution in [3.05, 3.63) is 39.1 Å². The van der Waals surface area contributed by atoms with Gasteiger partial charge in [0.15, 0.2) is 0 Å². The third-order valence-electron chi connectivity index (χ3n) is 2.17. The van der Waals surface area contributed by atoms with Crippen LogP contribution < -0.4 is 11.1 Å². The lowest BCUT2D eigenvalue weighted by molar-refractivity contribution is 1.01. The van der Waals surface area contributed by atoms with E-state index in [4.69, 9.17) is 5.73 Å². The van der Waals surface area contributed by atoms with E-state index in [0.717, 1.165) is 23.3 Å². The van der Waals surface area contributed by atoms with E-state index in [1.165, 1.54) is 5.56 Å². The summed E-state index contributed by atoms with van der Waals surface area (Å²) >= 11 is 5.04. The van der Waals surface area contributed by atoms with Gasteiger partial charge in [0, 0.05) is 17.2 Å². The second-order valence-electron chi connectivity index (χ2n) is 3.40. The molecule has 0 radical (unpaired) electrons. The predicted molar refractivity (Wildman–Crippen MR) is 72.9 cm³/mol. The number of nitrogens with one attached hydrogen (secondary N) is 1. The van der Waals surface area contributed by atoms with Crippen LogP contribution in [0, 0.1) is 0 Å². The largest absolute Gasteiger partial charge is 0.396 e. The zero-order valence-electron chi connectivity index (χ0n) is 8.61.